The number of methoxy groups -OCH3 is 1. The Labute approximate surface area is 156 Å². The molecule has 0 radical (unpaired) electrons. The molecule has 0 unspecified atom stereocenters. The molecule has 1 heterocycles. The average molecular weight is 436 g/mol. The summed E-state index contributed by atoms with van der Waals surface area (Å²) >= 11 is 2.23. The summed E-state index contributed by atoms with van der Waals surface area (Å²) in [5, 5.41) is 0. The summed E-state index contributed by atoms with van der Waals surface area (Å²) < 4.78 is 6.29. The maximum atomic E-state index is 12.7. The number of piperazine rings is 1. The van der Waals surface area contributed by atoms with Crippen LogP contribution in [0.1, 0.15) is 15.9 Å². The van der Waals surface area contributed by atoms with Gasteiger partial charge in [-0.3, -0.25) is 9.69 Å². The zero-order chi connectivity index (χ0) is 16.9. The molecule has 1 amide bonds. The van der Waals surface area contributed by atoms with Gasteiger partial charge in [-0.2, -0.15) is 0 Å². The Balaban J connectivity index is 1.57. The lowest BCUT2D eigenvalue weighted by Gasteiger charge is -2.35. The highest BCUT2D eigenvalue weighted by Gasteiger charge is 2.23. The van der Waals surface area contributed by atoms with E-state index in [0.29, 0.717) is 0 Å². The summed E-state index contributed by atoms with van der Waals surface area (Å²) in [6.45, 7) is 4.22. The minimum Gasteiger partial charge on any atom is -0.497 e. The maximum absolute atomic E-state index is 12.7. The first-order valence-corrected chi connectivity index (χ1v) is 9.14. The number of hydrogen-bond donors (Lipinski definition) is 0. The molecule has 5 heteroatoms. The molecule has 4 nitrogen and oxygen atoms in total. The van der Waals surface area contributed by atoms with Crippen molar-refractivity contribution in [3.8, 4) is 5.75 Å². The van der Waals surface area contributed by atoms with Crippen LogP contribution in [0, 0.1) is 3.57 Å². The molecule has 0 atom stereocenters. The summed E-state index contributed by atoms with van der Waals surface area (Å²) in [5.74, 6) is 1.03. The lowest BCUT2D eigenvalue weighted by molar-refractivity contribution is 0.0627. The van der Waals surface area contributed by atoms with Crippen LogP contribution >= 0.6 is 22.6 Å². The second-order valence-corrected chi connectivity index (χ2v) is 7.06. The van der Waals surface area contributed by atoms with Crippen molar-refractivity contribution in [1.82, 2.24) is 9.80 Å². The Hall–Kier alpha value is -1.60. The molecule has 2 aromatic rings. The molecule has 0 aliphatic carbocycles. The van der Waals surface area contributed by atoms with Gasteiger partial charge in [0.15, 0.2) is 0 Å². The van der Waals surface area contributed by atoms with Gasteiger partial charge in [-0.05, 0) is 52.4 Å². The monoisotopic (exact) mass is 436 g/mol. The molecular formula is C19H21IN2O2. The third-order valence-electron chi connectivity index (χ3n) is 4.30. The third kappa shape index (κ3) is 4.08. The van der Waals surface area contributed by atoms with Crippen molar-refractivity contribution in [2.75, 3.05) is 33.3 Å². The SMILES string of the molecule is COc1cccc(CN2CCN(C(=O)c3ccccc3I)CC2)c1. The topological polar surface area (TPSA) is 32.8 Å². The van der Waals surface area contributed by atoms with Gasteiger partial charge in [0, 0.05) is 36.3 Å². The van der Waals surface area contributed by atoms with E-state index in [1.54, 1.807) is 7.11 Å². The van der Waals surface area contributed by atoms with Crippen LogP contribution in [0.2, 0.25) is 0 Å². The van der Waals surface area contributed by atoms with Gasteiger partial charge >= 0.3 is 0 Å². The van der Waals surface area contributed by atoms with E-state index in [4.69, 9.17) is 4.74 Å². The number of hydrogen-bond acceptors (Lipinski definition) is 3. The third-order valence-corrected chi connectivity index (χ3v) is 5.24. The molecule has 0 N–H and O–H groups in total. The van der Waals surface area contributed by atoms with Crippen LogP contribution in [-0.4, -0.2) is 49.0 Å². The van der Waals surface area contributed by atoms with Gasteiger partial charge in [0.05, 0.1) is 12.7 Å². The predicted octanol–water partition coefficient (Wildman–Crippen LogP) is 3.26. The standard InChI is InChI=1S/C19H21IN2O2/c1-24-16-6-4-5-15(13-16)14-21-9-11-22(12-10-21)19(23)17-7-2-3-8-18(17)20/h2-8,13H,9-12,14H2,1H3. The molecule has 1 aliphatic rings. The molecule has 3 rings (SSSR count). The number of ether oxygens (including phenoxy) is 1. The minimum absolute atomic E-state index is 0.140. The van der Waals surface area contributed by atoms with Crippen LogP contribution in [0.25, 0.3) is 0 Å². The van der Waals surface area contributed by atoms with Crippen LogP contribution in [0.5, 0.6) is 5.75 Å². The number of halogens is 1. The van der Waals surface area contributed by atoms with Crippen molar-refractivity contribution in [2.24, 2.45) is 0 Å². The fourth-order valence-electron chi connectivity index (χ4n) is 2.94. The van der Waals surface area contributed by atoms with Crippen molar-refractivity contribution in [3.05, 3.63) is 63.2 Å². The average Bonchev–Trinajstić information content (AvgIpc) is 2.62. The van der Waals surface area contributed by atoms with E-state index in [-0.39, 0.29) is 5.91 Å². The minimum atomic E-state index is 0.140. The van der Waals surface area contributed by atoms with E-state index in [2.05, 4.69) is 39.6 Å². The number of amides is 1. The van der Waals surface area contributed by atoms with E-state index in [0.717, 1.165) is 47.6 Å². The van der Waals surface area contributed by atoms with Crippen molar-refractivity contribution in [1.29, 1.82) is 0 Å². The van der Waals surface area contributed by atoms with E-state index < -0.39 is 0 Å². The number of benzene rings is 2. The highest BCUT2D eigenvalue weighted by Crippen LogP contribution is 2.18. The molecule has 1 saturated heterocycles. The first-order chi connectivity index (χ1) is 11.7. The van der Waals surface area contributed by atoms with Gasteiger partial charge in [-0.1, -0.05) is 24.3 Å². The van der Waals surface area contributed by atoms with E-state index >= 15 is 0 Å². The lowest BCUT2D eigenvalue weighted by atomic mass is 10.1. The Bertz CT molecular complexity index is 712. The Morgan fingerprint density at radius 2 is 1.83 bits per heavy atom. The van der Waals surface area contributed by atoms with Crippen LogP contribution in [0.3, 0.4) is 0 Å². The van der Waals surface area contributed by atoms with E-state index in [1.807, 2.05) is 41.3 Å². The normalized spacial score (nSPS) is 15.3. The lowest BCUT2D eigenvalue weighted by Crippen LogP contribution is -2.48. The first kappa shape index (κ1) is 17.2. The fraction of sp³-hybridized carbons (Fsp3) is 0.316. The van der Waals surface area contributed by atoms with Gasteiger partial charge in [0.2, 0.25) is 0 Å². The molecule has 0 spiro atoms. The highest BCUT2D eigenvalue weighted by atomic mass is 127. The Morgan fingerprint density at radius 3 is 2.54 bits per heavy atom. The Kier molecular flexibility index (Phi) is 5.73. The molecule has 1 fully saturated rings. The first-order valence-electron chi connectivity index (χ1n) is 8.06. The van der Waals surface area contributed by atoms with E-state index in [9.17, 15) is 4.79 Å². The zero-order valence-electron chi connectivity index (χ0n) is 13.7. The molecular weight excluding hydrogens is 415 g/mol. The second-order valence-electron chi connectivity index (χ2n) is 5.90. The Morgan fingerprint density at radius 1 is 1.08 bits per heavy atom. The number of carbonyl (C=O) groups excluding carboxylic acids is 1. The number of carbonyl (C=O) groups is 1. The van der Waals surface area contributed by atoms with Gasteiger partial charge in [0.1, 0.15) is 5.75 Å². The van der Waals surface area contributed by atoms with Gasteiger partial charge in [-0.25, -0.2) is 0 Å². The van der Waals surface area contributed by atoms with Crippen LogP contribution < -0.4 is 4.74 Å². The van der Waals surface area contributed by atoms with Crippen LogP contribution in [0.15, 0.2) is 48.5 Å². The number of nitrogens with zero attached hydrogens (tertiary/aromatic N) is 2. The number of rotatable bonds is 4. The molecule has 1 aliphatic heterocycles. The second kappa shape index (κ2) is 7.98. The molecule has 0 saturated carbocycles. The van der Waals surface area contributed by atoms with Crippen LogP contribution in [-0.2, 0) is 6.54 Å². The van der Waals surface area contributed by atoms with Gasteiger partial charge in [0.25, 0.3) is 5.91 Å². The van der Waals surface area contributed by atoms with Crippen molar-refractivity contribution >= 4 is 28.5 Å². The zero-order valence-corrected chi connectivity index (χ0v) is 15.9. The maximum Gasteiger partial charge on any atom is 0.255 e. The summed E-state index contributed by atoms with van der Waals surface area (Å²) in [4.78, 5) is 17.0. The summed E-state index contributed by atoms with van der Waals surface area (Å²) in [7, 11) is 1.69. The summed E-state index contributed by atoms with van der Waals surface area (Å²) in [6, 6.07) is 15.9. The fourth-order valence-corrected chi connectivity index (χ4v) is 3.56. The van der Waals surface area contributed by atoms with E-state index in [1.165, 1.54) is 5.56 Å². The summed E-state index contributed by atoms with van der Waals surface area (Å²) in [6.07, 6.45) is 0. The molecule has 126 valence electrons. The predicted molar refractivity (Wildman–Crippen MR) is 103 cm³/mol. The summed E-state index contributed by atoms with van der Waals surface area (Å²) in [5.41, 5.74) is 2.05. The van der Waals surface area contributed by atoms with Crippen LogP contribution in [0.4, 0.5) is 0 Å². The molecule has 2 aromatic carbocycles. The molecule has 0 aromatic heterocycles. The molecule has 24 heavy (non-hydrogen) atoms. The van der Waals surface area contributed by atoms with Crippen molar-refractivity contribution in [2.45, 2.75) is 6.54 Å². The van der Waals surface area contributed by atoms with Gasteiger partial charge in [-0.15, -0.1) is 0 Å². The van der Waals surface area contributed by atoms with Gasteiger partial charge < -0.3 is 9.64 Å². The quantitative estimate of drug-likeness (QED) is 0.690. The van der Waals surface area contributed by atoms with Crippen molar-refractivity contribution in [3.63, 3.8) is 0 Å². The largest absolute Gasteiger partial charge is 0.497 e. The van der Waals surface area contributed by atoms with Crippen molar-refractivity contribution < 1.29 is 9.53 Å². The molecule has 0 bridgehead atoms. The smallest absolute Gasteiger partial charge is 0.255 e. The highest BCUT2D eigenvalue weighted by molar-refractivity contribution is 14.1.